The molecule has 1 saturated carbocycles. The van der Waals surface area contributed by atoms with Crippen LogP contribution in [-0.4, -0.2) is 43.5 Å². The molecule has 0 radical (unpaired) electrons. The number of rotatable bonds is 7. The highest BCUT2D eigenvalue weighted by atomic mass is 16.1. The molecule has 3 N–H and O–H groups in total. The Morgan fingerprint density at radius 2 is 2.00 bits per heavy atom. The van der Waals surface area contributed by atoms with Gasteiger partial charge in [0.25, 0.3) is 0 Å². The number of nitrogens with zero attached hydrogens (tertiary/aromatic N) is 1. The first-order chi connectivity index (χ1) is 8.58. The highest BCUT2D eigenvalue weighted by Gasteiger charge is 2.23. The number of amides is 1. The van der Waals surface area contributed by atoms with Crippen LogP contribution >= 0.6 is 0 Å². The largest absolute Gasteiger partial charge is 0.368 e. The van der Waals surface area contributed by atoms with E-state index >= 15 is 0 Å². The minimum absolute atomic E-state index is 0.195. The third kappa shape index (κ3) is 4.58. The predicted octanol–water partition coefficient (Wildman–Crippen LogP) is 1.35. The number of primary amides is 1. The normalized spacial score (nSPS) is 26.2. The van der Waals surface area contributed by atoms with E-state index in [1.165, 1.54) is 32.1 Å². The number of likely N-dealkylation sites (N-methyl/N-ethyl adjacent to an activating group) is 1. The molecule has 1 aliphatic rings. The van der Waals surface area contributed by atoms with E-state index in [0.29, 0.717) is 6.04 Å². The SMILES string of the molecule is CCC1CCC(N(C)CCC(NC)C(N)=O)CC1. The molecule has 1 amide bonds. The minimum atomic E-state index is -0.249. The zero-order valence-corrected chi connectivity index (χ0v) is 12.1. The Labute approximate surface area is 111 Å². The summed E-state index contributed by atoms with van der Waals surface area (Å²) in [6.45, 7) is 3.23. The van der Waals surface area contributed by atoms with Gasteiger partial charge in [0, 0.05) is 12.6 Å². The van der Waals surface area contributed by atoms with Crippen molar-refractivity contribution in [2.75, 3.05) is 20.6 Å². The van der Waals surface area contributed by atoms with Crippen molar-refractivity contribution >= 4 is 5.91 Å². The van der Waals surface area contributed by atoms with Crippen molar-refractivity contribution in [3.05, 3.63) is 0 Å². The molecule has 0 bridgehead atoms. The second-order valence-electron chi connectivity index (χ2n) is 5.60. The summed E-state index contributed by atoms with van der Waals surface area (Å²) >= 11 is 0. The van der Waals surface area contributed by atoms with E-state index in [1.54, 1.807) is 7.05 Å². The van der Waals surface area contributed by atoms with Gasteiger partial charge in [-0.15, -0.1) is 0 Å². The molecule has 106 valence electrons. The monoisotopic (exact) mass is 255 g/mol. The summed E-state index contributed by atoms with van der Waals surface area (Å²) in [6, 6.07) is 0.498. The first-order valence-corrected chi connectivity index (χ1v) is 7.25. The Bertz CT molecular complexity index is 249. The fourth-order valence-corrected chi connectivity index (χ4v) is 2.94. The first kappa shape index (κ1) is 15.4. The number of hydrogen-bond donors (Lipinski definition) is 2. The lowest BCUT2D eigenvalue weighted by atomic mass is 9.84. The van der Waals surface area contributed by atoms with E-state index in [0.717, 1.165) is 18.9 Å². The summed E-state index contributed by atoms with van der Waals surface area (Å²) in [5.41, 5.74) is 5.33. The molecular weight excluding hydrogens is 226 g/mol. The Kier molecular flexibility index (Phi) is 6.65. The predicted molar refractivity (Wildman–Crippen MR) is 75.3 cm³/mol. The maximum atomic E-state index is 11.1. The number of carbonyl (C=O) groups excluding carboxylic acids is 1. The minimum Gasteiger partial charge on any atom is -0.368 e. The average Bonchev–Trinajstić information content (AvgIpc) is 2.39. The summed E-state index contributed by atoms with van der Waals surface area (Å²) in [6.07, 6.45) is 7.44. The second-order valence-corrected chi connectivity index (χ2v) is 5.60. The molecular formula is C14H29N3O. The van der Waals surface area contributed by atoms with Crippen molar-refractivity contribution < 1.29 is 4.79 Å². The summed E-state index contributed by atoms with van der Waals surface area (Å²) < 4.78 is 0. The van der Waals surface area contributed by atoms with Crippen LogP contribution in [0.3, 0.4) is 0 Å². The molecule has 0 saturated heterocycles. The van der Waals surface area contributed by atoms with Crippen LogP contribution in [0.2, 0.25) is 0 Å². The highest BCUT2D eigenvalue weighted by molar-refractivity contribution is 5.79. The molecule has 1 rings (SSSR count). The van der Waals surface area contributed by atoms with E-state index in [2.05, 4.69) is 24.2 Å². The van der Waals surface area contributed by atoms with Gasteiger partial charge < -0.3 is 16.0 Å². The second kappa shape index (κ2) is 7.74. The molecule has 1 aliphatic carbocycles. The standard InChI is InChI=1S/C14H29N3O/c1-4-11-5-7-12(8-6-11)17(3)10-9-13(16-2)14(15)18/h11-13,16H,4-10H2,1-3H3,(H2,15,18). The van der Waals surface area contributed by atoms with Crippen LogP contribution in [0.1, 0.15) is 45.4 Å². The summed E-state index contributed by atoms with van der Waals surface area (Å²) in [5, 5.41) is 2.97. The third-order valence-electron chi connectivity index (χ3n) is 4.48. The van der Waals surface area contributed by atoms with Gasteiger partial charge in [-0.3, -0.25) is 4.79 Å². The summed E-state index contributed by atoms with van der Waals surface area (Å²) in [4.78, 5) is 13.5. The van der Waals surface area contributed by atoms with Gasteiger partial charge in [-0.25, -0.2) is 0 Å². The van der Waals surface area contributed by atoms with Crippen LogP contribution in [-0.2, 0) is 4.79 Å². The van der Waals surface area contributed by atoms with Gasteiger partial charge in [-0.2, -0.15) is 0 Å². The van der Waals surface area contributed by atoms with E-state index in [9.17, 15) is 4.79 Å². The van der Waals surface area contributed by atoms with Gasteiger partial charge in [0.2, 0.25) is 5.91 Å². The molecule has 1 atom stereocenters. The first-order valence-electron chi connectivity index (χ1n) is 7.25. The number of hydrogen-bond acceptors (Lipinski definition) is 3. The van der Waals surface area contributed by atoms with Gasteiger partial charge in [-0.05, 0) is 52.1 Å². The van der Waals surface area contributed by atoms with Gasteiger partial charge in [0.15, 0.2) is 0 Å². The van der Waals surface area contributed by atoms with Crippen molar-refractivity contribution in [3.8, 4) is 0 Å². The van der Waals surface area contributed by atoms with E-state index in [-0.39, 0.29) is 11.9 Å². The van der Waals surface area contributed by atoms with Crippen molar-refractivity contribution in [1.29, 1.82) is 0 Å². The van der Waals surface area contributed by atoms with Crippen LogP contribution in [0.15, 0.2) is 0 Å². The third-order valence-corrected chi connectivity index (χ3v) is 4.48. The molecule has 4 heteroatoms. The average molecular weight is 255 g/mol. The molecule has 0 spiro atoms. The lowest BCUT2D eigenvalue weighted by molar-refractivity contribution is -0.120. The molecule has 18 heavy (non-hydrogen) atoms. The van der Waals surface area contributed by atoms with Crippen LogP contribution in [0.25, 0.3) is 0 Å². The topological polar surface area (TPSA) is 58.4 Å². The number of nitrogens with one attached hydrogen (secondary N) is 1. The zero-order chi connectivity index (χ0) is 13.5. The van der Waals surface area contributed by atoms with E-state index in [1.807, 2.05) is 0 Å². The van der Waals surface area contributed by atoms with Crippen molar-refractivity contribution in [1.82, 2.24) is 10.2 Å². The molecule has 1 fully saturated rings. The van der Waals surface area contributed by atoms with Gasteiger partial charge in [-0.1, -0.05) is 13.3 Å². The molecule has 1 unspecified atom stereocenters. The molecule has 0 aromatic heterocycles. The number of nitrogens with two attached hydrogens (primary N) is 1. The molecule has 0 aromatic rings. The lowest BCUT2D eigenvalue weighted by Crippen LogP contribution is -2.43. The van der Waals surface area contributed by atoms with Gasteiger partial charge in [0.05, 0.1) is 6.04 Å². The fraction of sp³-hybridized carbons (Fsp3) is 0.929. The van der Waals surface area contributed by atoms with Crippen molar-refractivity contribution in [2.45, 2.75) is 57.5 Å². The lowest BCUT2D eigenvalue weighted by Gasteiger charge is -2.34. The van der Waals surface area contributed by atoms with Crippen LogP contribution < -0.4 is 11.1 Å². The maximum Gasteiger partial charge on any atom is 0.234 e. The Morgan fingerprint density at radius 3 is 2.44 bits per heavy atom. The smallest absolute Gasteiger partial charge is 0.234 e. The fourth-order valence-electron chi connectivity index (χ4n) is 2.94. The van der Waals surface area contributed by atoms with Crippen molar-refractivity contribution in [2.24, 2.45) is 11.7 Å². The zero-order valence-electron chi connectivity index (χ0n) is 12.1. The van der Waals surface area contributed by atoms with Crippen LogP contribution in [0.4, 0.5) is 0 Å². The van der Waals surface area contributed by atoms with E-state index in [4.69, 9.17) is 5.73 Å². The quantitative estimate of drug-likeness (QED) is 0.722. The molecule has 0 heterocycles. The molecule has 0 aromatic carbocycles. The Hall–Kier alpha value is -0.610. The Balaban J connectivity index is 2.28. The van der Waals surface area contributed by atoms with Gasteiger partial charge >= 0.3 is 0 Å². The van der Waals surface area contributed by atoms with Crippen LogP contribution in [0.5, 0.6) is 0 Å². The number of carbonyl (C=O) groups is 1. The maximum absolute atomic E-state index is 11.1. The highest BCUT2D eigenvalue weighted by Crippen LogP contribution is 2.28. The van der Waals surface area contributed by atoms with Crippen LogP contribution in [0, 0.1) is 5.92 Å². The van der Waals surface area contributed by atoms with Gasteiger partial charge in [0.1, 0.15) is 0 Å². The van der Waals surface area contributed by atoms with Crippen molar-refractivity contribution in [3.63, 3.8) is 0 Å². The summed E-state index contributed by atoms with van der Waals surface area (Å²) in [7, 11) is 3.96. The molecule has 0 aliphatic heterocycles. The Morgan fingerprint density at radius 1 is 1.39 bits per heavy atom. The van der Waals surface area contributed by atoms with E-state index < -0.39 is 0 Å². The molecule has 4 nitrogen and oxygen atoms in total. The summed E-state index contributed by atoms with van der Waals surface area (Å²) in [5.74, 6) is 0.686.